The summed E-state index contributed by atoms with van der Waals surface area (Å²) in [6, 6.07) is 1.43. The maximum Gasteiger partial charge on any atom is 0.252 e. The first-order chi connectivity index (χ1) is 8.06. The standard InChI is InChI=1S/C11H15ClN4O/c1-3-4-5-6-16(2)11-8(10(13)17)7-9(12)14-15-11/h3,7H,1,4-6H2,2H3,(H2,13,17). The fraction of sp³-hybridized carbons (Fsp3) is 0.364. The van der Waals surface area contributed by atoms with Gasteiger partial charge in [-0.25, -0.2) is 0 Å². The largest absolute Gasteiger partial charge is 0.365 e. The van der Waals surface area contributed by atoms with Gasteiger partial charge >= 0.3 is 0 Å². The van der Waals surface area contributed by atoms with Gasteiger partial charge in [0.25, 0.3) is 5.91 Å². The molecule has 0 atom stereocenters. The van der Waals surface area contributed by atoms with E-state index in [0.717, 1.165) is 19.4 Å². The number of hydrogen-bond donors (Lipinski definition) is 1. The first-order valence-corrected chi connectivity index (χ1v) is 5.59. The van der Waals surface area contributed by atoms with Gasteiger partial charge in [0, 0.05) is 13.6 Å². The van der Waals surface area contributed by atoms with E-state index < -0.39 is 5.91 Å². The molecule has 0 spiro atoms. The van der Waals surface area contributed by atoms with Crippen molar-refractivity contribution < 1.29 is 4.79 Å². The van der Waals surface area contributed by atoms with E-state index in [1.54, 1.807) is 0 Å². The van der Waals surface area contributed by atoms with Gasteiger partial charge in [0.1, 0.15) is 0 Å². The van der Waals surface area contributed by atoms with Gasteiger partial charge in [-0.1, -0.05) is 17.7 Å². The van der Waals surface area contributed by atoms with E-state index in [-0.39, 0.29) is 10.7 Å². The highest BCUT2D eigenvalue weighted by molar-refractivity contribution is 6.29. The molecule has 0 aliphatic carbocycles. The Balaban J connectivity index is 2.88. The fourth-order valence-corrected chi connectivity index (χ4v) is 1.55. The third kappa shape index (κ3) is 3.71. The molecular weight excluding hydrogens is 240 g/mol. The Morgan fingerprint density at radius 3 is 2.94 bits per heavy atom. The lowest BCUT2D eigenvalue weighted by molar-refractivity contribution is 0.100. The van der Waals surface area contributed by atoms with Crippen molar-refractivity contribution in [3.63, 3.8) is 0 Å². The van der Waals surface area contributed by atoms with Crippen molar-refractivity contribution in [3.8, 4) is 0 Å². The van der Waals surface area contributed by atoms with Crippen molar-refractivity contribution in [2.45, 2.75) is 12.8 Å². The molecule has 1 aromatic rings. The van der Waals surface area contributed by atoms with Crippen molar-refractivity contribution in [1.82, 2.24) is 10.2 Å². The normalized spacial score (nSPS) is 10.0. The summed E-state index contributed by atoms with van der Waals surface area (Å²) < 4.78 is 0. The highest BCUT2D eigenvalue weighted by atomic mass is 35.5. The second-order valence-electron chi connectivity index (χ2n) is 3.62. The van der Waals surface area contributed by atoms with Crippen molar-refractivity contribution in [2.75, 3.05) is 18.5 Å². The molecule has 17 heavy (non-hydrogen) atoms. The number of carbonyl (C=O) groups is 1. The van der Waals surface area contributed by atoms with Crippen LogP contribution in [0.5, 0.6) is 0 Å². The number of halogens is 1. The summed E-state index contributed by atoms with van der Waals surface area (Å²) in [6.45, 7) is 4.39. The van der Waals surface area contributed by atoms with Crippen LogP contribution in [-0.2, 0) is 0 Å². The van der Waals surface area contributed by atoms with E-state index >= 15 is 0 Å². The van der Waals surface area contributed by atoms with E-state index in [9.17, 15) is 4.79 Å². The van der Waals surface area contributed by atoms with Crippen LogP contribution in [0.1, 0.15) is 23.2 Å². The molecule has 2 N–H and O–H groups in total. The third-order valence-corrected chi connectivity index (χ3v) is 2.46. The predicted molar refractivity (Wildman–Crippen MR) is 68.3 cm³/mol. The average Bonchev–Trinajstić information content (AvgIpc) is 2.29. The summed E-state index contributed by atoms with van der Waals surface area (Å²) in [5, 5.41) is 7.77. The highest BCUT2D eigenvalue weighted by Gasteiger charge is 2.14. The summed E-state index contributed by atoms with van der Waals surface area (Å²) in [5.74, 6) is -0.113. The minimum atomic E-state index is -0.563. The molecule has 1 heterocycles. The Bertz CT molecular complexity index is 422. The van der Waals surface area contributed by atoms with Gasteiger partial charge in [-0.2, -0.15) is 0 Å². The number of unbranched alkanes of at least 4 members (excludes halogenated alkanes) is 1. The number of carbonyl (C=O) groups excluding carboxylic acids is 1. The number of hydrogen-bond acceptors (Lipinski definition) is 4. The van der Waals surface area contributed by atoms with E-state index in [2.05, 4.69) is 16.8 Å². The van der Waals surface area contributed by atoms with Crippen LogP contribution in [0.25, 0.3) is 0 Å². The molecular formula is C11H15ClN4O. The Morgan fingerprint density at radius 2 is 2.35 bits per heavy atom. The number of amides is 1. The van der Waals surface area contributed by atoms with Gasteiger partial charge in [-0.05, 0) is 18.9 Å². The van der Waals surface area contributed by atoms with Gasteiger partial charge in [0.05, 0.1) is 5.56 Å². The van der Waals surface area contributed by atoms with Crippen molar-refractivity contribution in [2.24, 2.45) is 5.73 Å². The summed E-state index contributed by atoms with van der Waals surface area (Å²) in [5.41, 5.74) is 5.55. The van der Waals surface area contributed by atoms with Gasteiger partial charge < -0.3 is 10.6 Å². The van der Waals surface area contributed by atoms with E-state index in [1.165, 1.54) is 6.07 Å². The van der Waals surface area contributed by atoms with Crippen molar-refractivity contribution >= 4 is 23.3 Å². The molecule has 1 amide bonds. The molecule has 0 saturated heterocycles. The summed E-state index contributed by atoms with van der Waals surface area (Å²) >= 11 is 5.68. The molecule has 0 aliphatic heterocycles. The smallest absolute Gasteiger partial charge is 0.252 e. The molecule has 0 aromatic carbocycles. The molecule has 92 valence electrons. The molecule has 1 aromatic heterocycles. The Labute approximate surface area is 105 Å². The maximum absolute atomic E-state index is 11.3. The van der Waals surface area contributed by atoms with Crippen LogP contribution < -0.4 is 10.6 Å². The van der Waals surface area contributed by atoms with Gasteiger partial charge in [-0.3, -0.25) is 4.79 Å². The lowest BCUT2D eigenvalue weighted by Gasteiger charge is -2.19. The molecule has 0 bridgehead atoms. The quantitative estimate of drug-likeness (QED) is 0.619. The van der Waals surface area contributed by atoms with Crippen LogP contribution in [0.3, 0.4) is 0 Å². The molecule has 5 nitrogen and oxygen atoms in total. The molecule has 1 rings (SSSR count). The topological polar surface area (TPSA) is 72.1 Å². The molecule has 0 unspecified atom stereocenters. The number of nitrogens with zero attached hydrogens (tertiary/aromatic N) is 3. The lowest BCUT2D eigenvalue weighted by Crippen LogP contribution is -2.25. The second-order valence-corrected chi connectivity index (χ2v) is 4.01. The summed E-state index contributed by atoms with van der Waals surface area (Å²) in [4.78, 5) is 13.1. The Hall–Kier alpha value is -1.62. The first-order valence-electron chi connectivity index (χ1n) is 5.21. The minimum Gasteiger partial charge on any atom is -0.365 e. The zero-order valence-electron chi connectivity index (χ0n) is 9.69. The monoisotopic (exact) mass is 254 g/mol. The van der Waals surface area contributed by atoms with Gasteiger partial charge in [-0.15, -0.1) is 16.8 Å². The van der Waals surface area contributed by atoms with Crippen LogP contribution in [0, 0.1) is 0 Å². The molecule has 0 radical (unpaired) electrons. The molecule has 0 aliphatic rings. The number of nitrogens with two attached hydrogens (primary N) is 1. The summed E-state index contributed by atoms with van der Waals surface area (Å²) in [6.07, 6.45) is 3.66. The highest BCUT2D eigenvalue weighted by Crippen LogP contribution is 2.18. The molecule has 0 fully saturated rings. The van der Waals surface area contributed by atoms with Crippen LogP contribution in [0.4, 0.5) is 5.82 Å². The van der Waals surface area contributed by atoms with E-state index in [4.69, 9.17) is 17.3 Å². The number of primary amides is 1. The number of rotatable bonds is 6. The van der Waals surface area contributed by atoms with Crippen LogP contribution in [0.15, 0.2) is 18.7 Å². The Morgan fingerprint density at radius 1 is 1.65 bits per heavy atom. The van der Waals surface area contributed by atoms with E-state index in [1.807, 2.05) is 18.0 Å². The predicted octanol–water partition coefficient (Wildman–Crippen LogP) is 1.63. The Kier molecular flexibility index (Phi) is 4.90. The molecule has 6 heteroatoms. The zero-order valence-corrected chi connectivity index (χ0v) is 10.4. The van der Waals surface area contributed by atoms with Crippen LogP contribution in [0.2, 0.25) is 5.15 Å². The average molecular weight is 255 g/mol. The number of allylic oxidation sites excluding steroid dienone is 1. The molecule has 0 saturated carbocycles. The van der Waals surface area contributed by atoms with Gasteiger partial charge in [0.2, 0.25) is 0 Å². The van der Waals surface area contributed by atoms with Crippen molar-refractivity contribution in [3.05, 3.63) is 29.4 Å². The van der Waals surface area contributed by atoms with Crippen molar-refractivity contribution in [1.29, 1.82) is 0 Å². The number of anilines is 1. The second kappa shape index (κ2) is 6.20. The SMILES string of the molecule is C=CCCCN(C)c1nnc(Cl)cc1C(N)=O. The van der Waals surface area contributed by atoms with Crippen LogP contribution in [-0.4, -0.2) is 29.7 Å². The minimum absolute atomic E-state index is 0.155. The maximum atomic E-state index is 11.3. The first kappa shape index (κ1) is 13.4. The zero-order chi connectivity index (χ0) is 12.8. The fourth-order valence-electron chi connectivity index (χ4n) is 1.40. The van der Waals surface area contributed by atoms with E-state index in [0.29, 0.717) is 5.82 Å². The van der Waals surface area contributed by atoms with Crippen LogP contribution >= 0.6 is 11.6 Å². The van der Waals surface area contributed by atoms with Gasteiger partial charge in [0.15, 0.2) is 11.0 Å². The summed E-state index contributed by atoms with van der Waals surface area (Å²) in [7, 11) is 1.83. The number of aromatic nitrogens is 2. The lowest BCUT2D eigenvalue weighted by atomic mass is 10.2. The third-order valence-electron chi connectivity index (χ3n) is 2.27.